The predicted molar refractivity (Wildman–Crippen MR) is 92.0 cm³/mol. The third kappa shape index (κ3) is 7.30. The van der Waals surface area contributed by atoms with E-state index in [-0.39, 0.29) is 0 Å². The third-order valence-corrected chi connectivity index (χ3v) is 4.35. The van der Waals surface area contributed by atoms with E-state index in [0.717, 1.165) is 37.6 Å². The zero-order valence-corrected chi connectivity index (χ0v) is 14.6. The molecule has 0 radical (unpaired) electrons. The van der Waals surface area contributed by atoms with Gasteiger partial charge >= 0.3 is 0 Å². The van der Waals surface area contributed by atoms with Crippen LogP contribution in [0.5, 0.6) is 0 Å². The summed E-state index contributed by atoms with van der Waals surface area (Å²) in [6.45, 7) is 9.72. The smallest absolute Gasteiger partial charge is 0.0464 e. The number of hydrogen-bond donors (Lipinski definition) is 1. The van der Waals surface area contributed by atoms with Crippen LogP contribution in [-0.2, 0) is 11.2 Å². The normalized spacial score (nSPS) is 14.4. The number of ether oxygens (including phenoxy) is 1. The Morgan fingerprint density at radius 1 is 1.14 bits per heavy atom. The Morgan fingerprint density at radius 3 is 2.48 bits per heavy atom. The van der Waals surface area contributed by atoms with Crippen molar-refractivity contribution in [1.82, 2.24) is 5.32 Å². The van der Waals surface area contributed by atoms with Gasteiger partial charge in [0.2, 0.25) is 0 Å². The predicted octanol–water partition coefficient (Wildman–Crippen LogP) is 4.42. The summed E-state index contributed by atoms with van der Waals surface area (Å²) in [4.78, 5) is 0. The van der Waals surface area contributed by atoms with Crippen LogP contribution < -0.4 is 5.32 Å². The van der Waals surface area contributed by atoms with Crippen molar-refractivity contribution in [3.63, 3.8) is 0 Å². The van der Waals surface area contributed by atoms with E-state index in [9.17, 15) is 0 Å². The van der Waals surface area contributed by atoms with Crippen molar-refractivity contribution >= 4 is 11.6 Å². The van der Waals surface area contributed by atoms with Crippen LogP contribution in [0.1, 0.15) is 32.8 Å². The molecule has 0 heterocycles. The van der Waals surface area contributed by atoms with Gasteiger partial charge < -0.3 is 10.1 Å². The van der Waals surface area contributed by atoms with E-state index in [0.29, 0.717) is 17.8 Å². The fraction of sp³-hybridized carbons (Fsp3) is 0.667. The molecule has 0 amide bonds. The molecular formula is C18H30ClNO. The first-order valence-corrected chi connectivity index (χ1v) is 8.35. The highest BCUT2D eigenvalue weighted by atomic mass is 35.5. The highest BCUT2D eigenvalue weighted by molar-refractivity contribution is 6.31. The topological polar surface area (TPSA) is 21.3 Å². The maximum Gasteiger partial charge on any atom is 0.0464 e. The largest absolute Gasteiger partial charge is 0.385 e. The summed E-state index contributed by atoms with van der Waals surface area (Å²) in [6, 6.07) is 8.18. The number of rotatable bonds is 10. The van der Waals surface area contributed by atoms with E-state index < -0.39 is 0 Å². The Hall–Kier alpha value is -0.570. The van der Waals surface area contributed by atoms with E-state index in [2.05, 4.69) is 38.2 Å². The number of halogens is 1. The standard InChI is InChI=1S/C18H30ClNO/c1-14(2)12-20-13-17(15(3)9-10-21-4)11-16-7-5-6-8-18(16)19/h5-8,14-15,17,20H,9-13H2,1-4H3. The highest BCUT2D eigenvalue weighted by Crippen LogP contribution is 2.24. The molecule has 0 aromatic heterocycles. The number of hydrogen-bond acceptors (Lipinski definition) is 2. The minimum absolute atomic E-state index is 0.582. The molecule has 0 aliphatic rings. The lowest BCUT2D eigenvalue weighted by atomic mass is 9.86. The molecule has 1 N–H and O–H groups in total. The van der Waals surface area contributed by atoms with E-state index in [1.165, 1.54) is 5.56 Å². The monoisotopic (exact) mass is 311 g/mol. The minimum atomic E-state index is 0.582. The Bertz CT molecular complexity index is 395. The number of methoxy groups -OCH3 is 1. The van der Waals surface area contributed by atoms with Gasteiger partial charge in [-0.15, -0.1) is 0 Å². The van der Waals surface area contributed by atoms with Gasteiger partial charge in [-0.05, 0) is 55.3 Å². The molecule has 1 rings (SSSR count). The Morgan fingerprint density at radius 2 is 1.86 bits per heavy atom. The van der Waals surface area contributed by atoms with Crippen LogP contribution in [0.3, 0.4) is 0 Å². The molecule has 0 saturated heterocycles. The Kier molecular flexibility index (Phi) is 8.98. The van der Waals surface area contributed by atoms with E-state index in [1.54, 1.807) is 7.11 Å². The van der Waals surface area contributed by atoms with Crippen molar-refractivity contribution in [3.8, 4) is 0 Å². The summed E-state index contributed by atoms with van der Waals surface area (Å²) < 4.78 is 5.23. The summed E-state index contributed by atoms with van der Waals surface area (Å²) in [6.07, 6.45) is 2.12. The SMILES string of the molecule is COCCC(C)C(CNCC(C)C)Cc1ccccc1Cl. The van der Waals surface area contributed by atoms with Crippen molar-refractivity contribution in [2.45, 2.75) is 33.6 Å². The molecule has 3 heteroatoms. The summed E-state index contributed by atoms with van der Waals surface area (Å²) >= 11 is 6.32. The Labute approximate surface area is 135 Å². The summed E-state index contributed by atoms with van der Waals surface area (Å²) in [5.74, 6) is 1.87. The van der Waals surface area contributed by atoms with Gasteiger partial charge in [-0.25, -0.2) is 0 Å². The van der Waals surface area contributed by atoms with Crippen molar-refractivity contribution in [3.05, 3.63) is 34.9 Å². The van der Waals surface area contributed by atoms with Crippen LogP contribution in [0.4, 0.5) is 0 Å². The first-order valence-electron chi connectivity index (χ1n) is 7.97. The van der Waals surface area contributed by atoms with Crippen LogP contribution >= 0.6 is 11.6 Å². The average Bonchev–Trinajstić information content (AvgIpc) is 2.45. The van der Waals surface area contributed by atoms with E-state index in [1.807, 2.05) is 12.1 Å². The van der Waals surface area contributed by atoms with Gasteiger partial charge in [0.05, 0.1) is 0 Å². The van der Waals surface area contributed by atoms with Crippen molar-refractivity contribution in [2.75, 3.05) is 26.8 Å². The molecule has 0 fully saturated rings. The summed E-state index contributed by atoms with van der Waals surface area (Å²) in [5, 5.41) is 4.48. The first kappa shape index (κ1) is 18.5. The van der Waals surface area contributed by atoms with Crippen molar-refractivity contribution in [1.29, 1.82) is 0 Å². The quantitative estimate of drug-likeness (QED) is 0.691. The van der Waals surface area contributed by atoms with Gasteiger partial charge in [0.25, 0.3) is 0 Å². The van der Waals surface area contributed by atoms with Crippen molar-refractivity contribution in [2.24, 2.45) is 17.8 Å². The van der Waals surface area contributed by atoms with Crippen LogP contribution in [-0.4, -0.2) is 26.8 Å². The lowest BCUT2D eigenvalue weighted by molar-refractivity contribution is 0.163. The lowest BCUT2D eigenvalue weighted by Gasteiger charge is -2.25. The zero-order chi connectivity index (χ0) is 15.7. The van der Waals surface area contributed by atoms with Gasteiger partial charge in [-0.3, -0.25) is 0 Å². The van der Waals surface area contributed by atoms with Gasteiger partial charge in [-0.1, -0.05) is 50.6 Å². The van der Waals surface area contributed by atoms with Crippen LogP contribution in [0.2, 0.25) is 5.02 Å². The zero-order valence-electron chi connectivity index (χ0n) is 13.9. The number of benzene rings is 1. The second kappa shape index (κ2) is 10.2. The molecule has 120 valence electrons. The summed E-state index contributed by atoms with van der Waals surface area (Å²) in [7, 11) is 1.77. The minimum Gasteiger partial charge on any atom is -0.385 e. The molecule has 0 bridgehead atoms. The van der Waals surface area contributed by atoms with Gasteiger partial charge in [0, 0.05) is 18.7 Å². The lowest BCUT2D eigenvalue weighted by Crippen LogP contribution is -2.31. The molecule has 1 aromatic carbocycles. The molecule has 21 heavy (non-hydrogen) atoms. The second-order valence-electron chi connectivity index (χ2n) is 6.37. The molecule has 2 unspecified atom stereocenters. The maximum absolute atomic E-state index is 6.32. The van der Waals surface area contributed by atoms with Gasteiger partial charge in [-0.2, -0.15) is 0 Å². The number of nitrogens with one attached hydrogen (secondary N) is 1. The second-order valence-corrected chi connectivity index (χ2v) is 6.77. The van der Waals surface area contributed by atoms with Crippen molar-refractivity contribution < 1.29 is 4.74 Å². The fourth-order valence-corrected chi connectivity index (χ4v) is 2.73. The molecule has 0 saturated carbocycles. The molecule has 0 aliphatic heterocycles. The maximum atomic E-state index is 6.32. The molecule has 1 aromatic rings. The fourth-order valence-electron chi connectivity index (χ4n) is 2.52. The van der Waals surface area contributed by atoms with Crippen LogP contribution in [0.25, 0.3) is 0 Å². The van der Waals surface area contributed by atoms with E-state index in [4.69, 9.17) is 16.3 Å². The molecular weight excluding hydrogens is 282 g/mol. The van der Waals surface area contributed by atoms with Crippen LogP contribution in [0, 0.1) is 17.8 Å². The van der Waals surface area contributed by atoms with Crippen LogP contribution in [0.15, 0.2) is 24.3 Å². The highest BCUT2D eigenvalue weighted by Gasteiger charge is 2.18. The van der Waals surface area contributed by atoms with Gasteiger partial charge in [0.15, 0.2) is 0 Å². The summed E-state index contributed by atoms with van der Waals surface area (Å²) in [5.41, 5.74) is 1.25. The molecule has 2 nitrogen and oxygen atoms in total. The van der Waals surface area contributed by atoms with Gasteiger partial charge in [0.1, 0.15) is 0 Å². The molecule has 2 atom stereocenters. The van der Waals surface area contributed by atoms with E-state index >= 15 is 0 Å². The molecule has 0 spiro atoms. The third-order valence-electron chi connectivity index (χ3n) is 3.98. The first-order chi connectivity index (χ1) is 10.0. The average molecular weight is 312 g/mol. The molecule has 0 aliphatic carbocycles. The Balaban J connectivity index is 2.64.